The molecule has 10 nitrogen and oxygen atoms in total. The van der Waals surface area contributed by atoms with Gasteiger partial charge in [0.05, 0.1) is 56.1 Å². The topological polar surface area (TPSA) is 133 Å². The van der Waals surface area contributed by atoms with Crippen molar-refractivity contribution in [2.75, 3.05) is 33.9 Å². The van der Waals surface area contributed by atoms with Crippen molar-refractivity contribution in [1.29, 1.82) is 0 Å². The van der Waals surface area contributed by atoms with E-state index in [1.165, 1.54) is 24.3 Å². The Morgan fingerprint density at radius 2 is 1.00 bits per heavy atom. The van der Waals surface area contributed by atoms with E-state index in [2.05, 4.69) is 47.1 Å². The Morgan fingerprint density at radius 3 is 1.39 bits per heavy atom. The van der Waals surface area contributed by atoms with Crippen LogP contribution in [0.15, 0.2) is 106 Å². The fourth-order valence-corrected chi connectivity index (χ4v) is 8.70. The number of hydrogen-bond donors (Lipinski definition) is 3. The number of halogens is 21. The average Bonchev–Trinajstić information content (AvgIpc) is 2.54. The lowest BCUT2D eigenvalue weighted by Gasteiger charge is -2.26. The predicted molar refractivity (Wildman–Crippen MR) is 280 cm³/mol. The molecule has 456 valence electrons. The fraction of sp³-hybridized carbons (Fsp3) is 0.296. The van der Waals surface area contributed by atoms with E-state index in [-0.39, 0.29) is 55.3 Å². The van der Waals surface area contributed by atoms with Crippen molar-refractivity contribution in [1.82, 2.24) is 9.97 Å². The molecule has 2 unspecified atom stereocenters. The predicted octanol–water partition coefficient (Wildman–Crippen LogP) is 17.2. The normalized spacial score (nSPS) is 15.0. The zero-order valence-electron chi connectivity index (χ0n) is 43.0. The van der Waals surface area contributed by atoms with Crippen LogP contribution in [0.1, 0.15) is 103 Å². The van der Waals surface area contributed by atoms with Gasteiger partial charge in [-0.2, -0.15) is 61.5 Å². The first-order chi connectivity index (χ1) is 39.2. The molecular weight excluding hydrogens is 1330 g/mol. The van der Waals surface area contributed by atoms with E-state index < -0.39 is 142 Å². The number of carbonyl (C=O) groups excluding carboxylic acids is 4. The molecule has 85 heavy (non-hydrogen) atoms. The summed E-state index contributed by atoms with van der Waals surface area (Å²) in [5.41, 5.74) is -18.2. The average molecular weight is 1370 g/mol. The number of nitrogens with one attached hydrogen (secondary N) is 3. The highest BCUT2D eigenvalue weighted by atomic mass is 79.9. The summed E-state index contributed by atoms with van der Waals surface area (Å²) in [5.74, 6) is -6.86. The number of benzene rings is 4. The Labute approximate surface area is 491 Å². The first-order valence-corrected chi connectivity index (χ1v) is 26.2. The van der Waals surface area contributed by atoms with Crippen LogP contribution in [-0.4, -0.2) is 58.4 Å². The van der Waals surface area contributed by atoms with Crippen molar-refractivity contribution < 1.29 is 98.2 Å². The van der Waals surface area contributed by atoms with Crippen molar-refractivity contribution in [2.45, 2.75) is 75.6 Å². The lowest BCUT2D eigenvalue weighted by atomic mass is 9.94. The summed E-state index contributed by atoms with van der Waals surface area (Å²) < 4.78 is 244. The zero-order chi connectivity index (χ0) is 63.5. The zero-order valence-corrected chi connectivity index (χ0v) is 47.0. The highest BCUT2D eigenvalue weighted by Gasteiger charge is 2.56. The molecule has 4 aromatic carbocycles. The van der Waals surface area contributed by atoms with Gasteiger partial charge in [0.25, 0.3) is 23.0 Å². The van der Waals surface area contributed by atoms with Crippen LogP contribution in [0.25, 0.3) is 0 Å². The Morgan fingerprint density at radius 1 is 0.576 bits per heavy atom. The molecule has 0 bridgehead atoms. The van der Waals surface area contributed by atoms with Crippen LogP contribution in [0.3, 0.4) is 0 Å². The second-order valence-corrected chi connectivity index (χ2v) is 21.2. The first-order valence-electron chi connectivity index (χ1n) is 24.3. The van der Waals surface area contributed by atoms with Crippen molar-refractivity contribution in [2.24, 2.45) is 11.8 Å². The fourth-order valence-electron chi connectivity index (χ4n) is 7.47. The minimum Gasteiger partial charge on any atom is -0.382 e. The van der Waals surface area contributed by atoms with Crippen molar-refractivity contribution >= 4 is 89.2 Å². The summed E-state index contributed by atoms with van der Waals surface area (Å²) in [4.78, 5) is 56.8. The maximum absolute atomic E-state index is 15.7. The Bertz CT molecular complexity index is 3470. The van der Waals surface area contributed by atoms with E-state index >= 15 is 4.39 Å². The molecular formula is C54H39Br2ClF18N6O4. The molecule has 2 atom stereocenters. The van der Waals surface area contributed by atoms with Crippen LogP contribution in [0.5, 0.6) is 0 Å². The molecule has 8 rings (SSSR count). The molecule has 2 fully saturated rings. The molecule has 2 aliphatic rings. The Balaban J connectivity index is 0.000000238. The molecule has 0 saturated heterocycles. The maximum Gasteiger partial charge on any atom is 0.426 e. The second-order valence-electron chi connectivity index (χ2n) is 19.2. The summed E-state index contributed by atoms with van der Waals surface area (Å²) in [6.07, 6.45) is -16.2. The molecule has 6 aromatic rings. The monoisotopic (exact) mass is 1370 g/mol. The number of aromatic nitrogens is 2. The van der Waals surface area contributed by atoms with E-state index in [9.17, 15) is 93.8 Å². The Hall–Kier alpha value is -6.95. The quantitative estimate of drug-likeness (QED) is 0.0562. The lowest BCUT2D eigenvalue weighted by Crippen LogP contribution is -2.35. The molecule has 0 radical (unpaired) electrons. The first kappa shape index (κ1) is 67.2. The number of rotatable bonds is 14. The van der Waals surface area contributed by atoms with E-state index in [0.717, 1.165) is 79.4 Å². The van der Waals surface area contributed by atoms with Gasteiger partial charge in [-0.3, -0.25) is 19.2 Å². The van der Waals surface area contributed by atoms with Crippen LogP contribution in [0.4, 0.5) is 102 Å². The van der Waals surface area contributed by atoms with Crippen molar-refractivity contribution in [3.63, 3.8) is 0 Å². The van der Waals surface area contributed by atoms with E-state index in [4.69, 9.17) is 11.6 Å². The van der Waals surface area contributed by atoms with Crippen LogP contribution < -0.4 is 20.9 Å². The number of alkyl halides is 14. The van der Waals surface area contributed by atoms with Crippen molar-refractivity contribution in [3.05, 3.63) is 174 Å². The molecule has 0 spiro atoms. The summed E-state index contributed by atoms with van der Waals surface area (Å²) in [6.45, 7) is 0.618. The number of nitrogens with zero attached hydrogens (tertiary/aromatic N) is 3. The van der Waals surface area contributed by atoms with Crippen LogP contribution in [0, 0.1) is 35.4 Å². The summed E-state index contributed by atoms with van der Waals surface area (Å²) >= 11 is 10.4. The number of carbonyl (C=O) groups is 4. The standard InChI is InChI=1S/C27H19BrF9N3O2.C21H17BrF8N2O.C6H3ClFNO/c1-25(31,27(35,36)37)15-9-17(26(32,33)34)22(18(28)10-15)39-23(41)16-3-2-4-19(21(16)30)40(12-13-5-6-13)24(42)14-7-8-20(29)38-11-14;1-19(24,21(28,29)30)11-7-13(20(25,26)27)17(14(22)8-11)32-18(33)12-3-2-4-15(16(12)23)31-9-10-5-6-10;7-6(10)4-1-2-5(8)9-3-4/h2-4,7-11,13H,5-6,12H2,1H3,(H,39,41);2-4,7-8,10,31H,5-6,9H2,1H3,(H,32,33);1-3H. The summed E-state index contributed by atoms with van der Waals surface area (Å²) in [5, 5.41) is 5.92. The lowest BCUT2D eigenvalue weighted by molar-refractivity contribution is -0.229. The number of amides is 3. The second kappa shape index (κ2) is 25.9. The minimum absolute atomic E-state index is 0.000872. The van der Waals surface area contributed by atoms with Gasteiger partial charge < -0.3 is 20.9 Å². The number of anilines is 4. The van der Waals surface area contributed by atoms with Gasteiger partial charge in [-0.25, -0.2) is 27.5 Å². The molecule has 0 aliphatic heterocycles. The maximum atomic E-state index is 15.7. The van der Waals surface area contributed by atoms with Gasteiger partial charge in [0.2, 0.25) is 23.2 Å². The van der Waals surface area contributed by atoms with Crippen LogP contribution in [0.2, 0.25) is 0 Å². The highest BCUT2D eigenvalue weighted by Crippen LogP contribution is 2.50. The molecule has 3 amide bonds. The van der Waals surface area contributed by atoms with E-state index in [1.807, 2.05) is 10.6 Å². The third-order valence-corrected chi connectivity index (χ3v) is 14.2. The smallest absolute Gasteiger partial charge is 0.382 e. The van der Waals surface area contributed by atoms with Crippen LogP contribution in [-0.2, 0) is 23.7 Å². The molecule has 2 aliphatic carbocycles. The van der Waals surface area contributed by atoms with Gasteiger partial charge in [0.1, 0.15) is 0 Å². The summed E-state index contributed by atoms with van der Waals surface area (Å²) in [6, 6.07) is 12.2. The third kappa shape index (κ3) is 16.5. The molecule has 3 N–H and O–H groups in total. The van der Waals surface area contributed by atoms with Crippen LogP contribution >= 0.6 is 43.5 Å². The minimum atomic E-state index is -5.56. The molecule has 2 saturated carbocycles. The largest absolute Gasteiger partial charge is 0.426 e. The Kier molecular flexibility index (Phi) is 20.5. The van der Waals surface area contributed by atoms with Gasteiger partial charge in [-0.05, 0) is 179 Å². The van der Waals surface area contributed by atoms with Gasteiger partial charge in [-0.15, -0.1) is 0 Å². The highest BCUT2D eigenvalue weighted by molar-refractivity contribution is 9.11. The summed E-state index contributed by atoms with van der Waals surface area (Å²) in [7, 11) is 0. The van der Waals surface area contributed by atoms with E-state index in [0.29, 0.717) is 24.6 Å². The van der Waals surface area contributed by atoms with Crippen molar-refractivity contribution in [3.8, 4) is 0 Å². The molecule has 2 aromatic heterocycles. The molecule has 2 heterocycles. The molecule has 31 heteroatoms. The van der Waals surface area contributed by atoms with Gasteiger partial charge in [-0.1, -0.05) is 12.1 Å². The SMILES string of the molecule is CC(F)(c1cc(Br)c(NC(=O)c2cccc(N(CC3CC3)C(=O)c3ccc(F)nc3)c2F)c(C(F)(F)F)c1)C(F)(F)F.CC(F)(c1cc(Br)c(NC(=O)c2cccc(NCC3CC3)c2F)c(C(F)(F)F)c1)C(F)(F)F.O=C(Cl)c1ccc(F)nc1. The van der Waals surface area contributed by atoms with Gasteiger partial charge in [0.15, 0.2) is 11.6 Å². The number of hydrogen-bond acceptors (Lipinski definition) is 7. The number of pyridine rings is 2. The van der Waals surface area contributed by atoms with E-state index in [1.54, 1.807) is 0 Å². The third-order valence-electron chi connectivity index (χ3n) is 12.8. The van der Waals surface area contributed by atoms with Gasteiger partial charge >= 0.3 is 24.7 Å². The van der Waals surface area contributed by atoms with Gasteiger partial charge in [0, 0.05) is 34.4 Å².